The number of carbonyl (C=O) groups excluding carboxylic acids is 1. The maximum absolute atomic E-state index is 12.5. The summed E-state index contributed by atoms with van der Waals surface area (Å²) in [4.78, 5) is 15.0. The van der Waals surface area contributed by atoms with Gasteiger partial charge in [0.1, 0.15) is 0 Å². The van der Waals surface area contributed by atoms with Gasteiger partial charge in [-0.25, -0.2) is 0 Å². The highest BCUT2D eigenvalue weighted by Crippen LogP contribution is 2.34. The van der Waals surface area contributed by atoms with E-state index in [1.807, 2.05) is 0 Å². The number of aryl methyl sites for hydroxylation is 1. The third-order valence-corrected chi connectivity index (χ3v) is 5.75. The lowest BCUT2D eigenvalue weighted by Crippen LogP contribution is -2.52. The second-order valence-corrected chi connectivity index (χ2v) is 7.93. The molecule has 1 amide bonds. The number of hydrogen-bond acceptors (Lipinski definition) is 2. The van der Waals surface area contributed by atoms with Crippen LogP contribution in [0.4, 0.5) is 0 Å². The molecule has 0 spiro atoms. The van der Waals surface area contributed by atoms with Crippen LogP contribution in [0.5, 0.6) is 0 Å². The largest absolute Gasteiger partial charge is 0.346 e. The minimum Gasteiger partial charge on any atom is -0.346 e. The summed E-state index contributed by atoms with van der Waals surface area (Å²) in [6.45, 7) is 5.00. The number of piperidine rings is 1. The van der Waals surface area contributed by atoms with Crippen molar-refractivity contribution in [1.82, 2.24) is 10.2 Å². The van der Waals surface area contributed by atoms with Crippen LogP contribution in [-0.2, 0) is 16.9 Å². The first-order chi connectivity index (χ1) is 13.1. The lowest BCUT2D eigenvalue weighted by Gasteiger charge is -2.43. The van der Waals surface area contributed by atoms with Gasteiger partial charge in [0.25, 0.3) is 0 Å². The van der Waals surface area contributed by atoms with Crippen molar-refractivity contribution in [2.45, 2.75) is 44.7 Å². The molecular weight excluding hydrogens is 391 g/mol. The Kier molecular flexibility index (Phi) is 8.81. The van der Waals surface area contributed by atoms with E-state index < -0.39 is 0 Å². The number of benzene rings is 2. The molecule has 2 aromatic carbocycles. The van der Waals surface area contributed by atoms with Gasteiger partial charge in [-0.3, -0.25) is 9.69 Å². The van der Waals surface area contributed by atoms with E-state index in [1.54, 1.807) is 0 Å². The second kappa shape index (κ2) is 10.8. The summed E-state index contributed by atoms with van der Waals surface area (Å²) in [6.07, 6.45) is 3.06. The predicted molar refractivity (Wildman–Crippen MR) is 119 cm³/mol. The number of amides is 1. The number of rotatable bonds is 7. The van der Waals surface area contributed by atoms with Crippen LogP contribution in [0, 0.1) is 6.92 Å². The minimum atomic E-state index is -0.274. The maximum Gasteiger partial charge on any atom is 0.220 e. The Hall–Kier alpha value is -1.55. The Morgan fingerprint density at radius 3 is 2.32 bits per heavy atom. The number of carbonyl (C=O) groups is 1. The molecule has 1 N–H and O–H groups in total. The molecule has 0 atom stereocenters. The van der Waals surface area contributed by atoms with Gasteiger partial charge >= 0.3 is 0 Å². The second-order valence-electron chi connectivity index (χ2n) is 7.55. The van der Waals surface area contributed by atoms with E-state index in [4.69, 9.17) is 11.6 Å². The molecule has 1 fully saturated rings. The Morgan fingerprint density at radius 1 is 1.07 bits per heavy atom. The van der Waals surface area contributed by atoms with Crippen molar-refractivity contribution < 1.29 is 4.79 Å². The van der Waals surface area contributed by atoms with Gasteiger partial charge in [-0.05, 0) is 37.3 Å². The van der Waals surface area contributed by atoms with E-state index in [2.05, 4.69) is 71.7 Å². The van der Waals surface area contributed by atoms with Crippen LogP contribution in [0.3, 0.4) is 0 Å². The predicted octanol–water partition coefficient (Wildman–Crippen LogP) is 5.04. The summed E-state index contributed by atoms with van der Waals surface area (Å²) in [6, 6.07) is 19.2. The maximum atomic E-state index is 12.5. The summed E-state index contributed by atoms with van der Waals surface area (Å²) in [7, 11) is 0. The van der Waals surface area contributed by atoms with Crippen LogP contribution in [0.2, 0.25) is 0 Å². The molecule has 1 aliphatic rings. The zero-order chi connectivity index (χ0) is 19.1. The first-order valence-electron chi connectivity index (χ1n) is 9.82. The molecule has 5 heteroatoms. The normalized spacial score (nSPS) is 16.2. The van der Waals surface area contributed by atoms with E-state index in [-0.39, 0.29) is 23.9 Å². The first-order valence-corrected chi connectivity index (χ1v) is 10.4. The molecule has 1 saturated heterocycles. The summed E-state index contributed by atoms with van der Waals surface area (Å²) in [5, 5.41) is 3.36. The Labute approximate surface area is 179 Å². The number of halogens is 2. The minimum absolute atomic E-state index is 0. The fraction of sp³-hybridized carbons (Fsp3) is 0.435. The van der Waals surface area contributed by atoms with Gasteiger partial charge < -0.3 is 5.32 Å². The monoisotopic (exact) mass is 420 g/mol. The summed E-state index contributed by atoms with van der Waals surface area (Å²) in [5.41, 5.74) is 3.52. The van der Waals surface area contributed by atoms with Crippen molar-refractivity contribution in [1.29, 1.82) is 0 Å². The molecular formula is C23H30Cl2N2O. The SMILES string of the molecule is Cc1ccc(C2(NC(=O)CCCCl)CCN(Cc3ccccc3)CC2)cc1.Cl. The molecule has 1 aliphatic heterocycles. The van der Waals surface area contributed by atoms with Crippen molar-refractivity contribution in [3.63, 3.8) is 0 Å². The smallest absolute Gasteiger partial charge is 0.220 e. The van der Waals surface area contributed by atoms with E-state index in [0.717, 1.165) is 38.9 Å². The average molecular weight is 421 g/mol. The van der Waals surface area contributed by atoms with Crippen molar-refractivity contribution in [3.8, 4) is 0 Å². The van der Waals surface area contributed by atoms with E-state index in [0.29, 0.717) is 12.3 Å². The number of nitrogens with one attached hydrogen (secondary N) is 1. The number of likely N-dealkylation sites (tertiary alicyclic amines) is 1. The molecule has 0 aromatic heterocycles. The summed E-state index contributed by atoms with van der Waals surface area (Å²) < 4.78 is 0. The quantitative estimate of drug-likeness (QED) is 0.635. The van der Waals surface area contributed by atoms with Gasteiger partial charge in [0.05, 0.1) is 5.54 Å². The lowest BCUT2D eigenvalue weighted by molar-refractivity contribution is -0.123. The van der Waals surface area contributed by atoms with E-state index in [9.17, 15) is 4.79 Å². The molecule has 3 nitrogen and oxygen atoms in total. The van der Waals surface area contributed by atoms with Crippen LogP contribution in [0.25, 0.3) is 0 Å². The molecule has 0 bridgehead atoms. The fourth-order valence-electron chi connectivity index (χ4n) is 3.85. The van der Waals surface area contributed by atoms with E-state index in [1.165, 1.54) is 16.7 Å². The van der Waals surface area contributed by atoms with Gasteiger partial charge in [-0.1, -0.05) is 60.2 Å². The Morgan fingerprint density at radius 2 is 1.71 bits per heavy atom. The van der Waals surface area contributed by atoms with E-state index >= 15 is 0 Å². The standard InChI is InChI=1S/C23H29ClN2O.ClH/c1-19-9-11-21(12-10-19)23(25-22(27)8-5-15-24)13-16-26(17-14-23)18-20-6-3-2-4-7-20;/h2-4,6-7,9-12H,5,8,13-18H2,1H3,(H,25,27);1H. The van der Waals surface area contributed by atoms with Crippen molar-refractivity contribution in [3.05, 3.63) is 71.3 Å². The Bertz CT molecular complexity index is 726. The molecule has 0 unspecified atom stereocenters. The molecule has 0 saturated carbocycles. The highest BCUT2D eigenvalue weighted by Gasteiger charge is 2.37. The highest BCUT2D eigenvalue weighted by atomic mass is 35.5. The zero-order valence-corrected chi connectivity index (χ0v) is 18.1. The molecule has 152 valence electrons. The number of nitrogens with zero attached hydrogens (tertiary/aromatic N) is 1. The van der Waals surface area contributed by atoms with Gasteiger partial charge in [-0.2, -0.15) is 0 Å². The third kappa shape index (κ3) is 5.97. The molecule has 0 aliphatic carbocycles. The van der Waals surface area contributed by atoms with Crippen LogP contribution in [-0.4, -0.2) is 29.8 Å². The third-order valence-electron chi connectivity index (χ3n) is 5.48. The van der Waals surface area contributed by atoms with Gasteiger partial charge in [0.2, 0.25) is 5.91 Å². The molecule has 3 rings (SSSR count). The van der Waals surface area contributed by atoms with Crippen LogP contribution in [0.1, 0.15) is 42.4 Å². The highest BCUT2D eigenvalue weighted by molar-refractivity contribution is 6.17. The van der Waals surface area contributed by atoms with Gasteiger partial charge in [0.15, 0.2) is 0 Å². The van der Waals surface area contributed by atoms with Crippen LogP contribution < -0.4 is 5.32 Å². The number of alkyl halides is 1. The number of hydrogen-bond donors (Lipinski definition) is 1. The van der Waals surface area contributed by atoms with Gasteiger partial charge in [0, 0.05) is 31.9 Å². The molecule has 28 heavy (non-hydrogen) atoms. The van der Waals surface area contributed by atoms with Crippen LogP contribution >= 0.6 is 24.0 Å². The van der Waals surface area contributed by atoms with Crippen molar-refractivity contribution >= 4 is 29.9 Å². The average Bonchev–Trinajstić information content (AvgIpc) is 2.69. The van der Waals surface area contributed by atoms with Crippen molar-refractivity contribution in [2.24, 2.45) is 0 Å². The topological polar surface area (TPSA) is 32.3 Å². The summed E-state index contributed by atoms with van der Waals surface area (Å²) in [5.74, 6) is 0.628. The molecule has 1 heterocycles. The van der Waals surface area contributed by atoms with Gasteiger partial charge in [-0.15, -0.1) is 24.0 Å². The van der Waals surface area contributed by atoms with Crippen LogP contribution in [0.15, 0.2) is 54.6 Å². The Balaban J connectivity index is 0.00000280. The molecule has 2 aromatic rings. The summed E-state index contributed by atoms with van der Waals surface area (Å²) >= 11 is 5.77. The zero-order valence-electron chi connectivity index (χ0n) is 16.5. The fourth-order valence-corrected chi connectivity index (χ4v) is 3.98. The van der Waals surface area contributed by atoms with Crippen molar-refractivity contribution in [2.75, 3.05) is 19.0 Å². The lowest BCUT2D eigenvalue weighted by atomic mass is 9.80. The molecule has 0 radical (unpaired) electrons. The first kappa shape index (κ1) is 22.7.